The van der Waals surface area contributed by atoms with Gasteiger partial charge in [0.25, 0.3) is 0 Å². The Bertz CT molecular complexity index is 714. The molecular formula is C18H17Cl2NOS. The van der Waals surface area contributed by atoms with Crippen LogP contribution >= 0.6 is 35.0 Å². The van der Waals surface area contributed by atoms with E-state index in [0.29, 0.717) is 21.2 Å². The minimum Gasteiger partial charge on any atom is -0.297 e. The minimum absolute atomic E-state index is 0.0893. The third-order valence-corrected chi connectivity index (χ3v) is 5.66. The van der Waals surface area contributed by atoms with Crippen molar-refractivity contribution in [2.45, 2.75) is 6.54 Å². The third kappa shape index (κ3) is 4.10. The topological polar surface area (TPSA) is 20.3 Å². The van der Waals surface area contributed by atoms with Gasteiger partial charge in [0.05, 0.1) is 10.0 Å². The fourth-order valence-electron chi connectivity index (χ4n) is 2.66. The van der Waals surface area contributed by atoms with Gasteiger partial charge in [-0.3, -0.25) is 9.69 Å². The summed E-state index contributed by atoms with van der Waals surface area (Å²) in [7, 11) is 0. The third-order valence-electron chi connectivity index (χ3n) is 3.90. The Morgan fingerprint density at radius 1 is 1.09 bits per heavy atom. The van der Waals surface area contributed by atoms with Crippen molar-refractivity contribution in [3.63, 3.8) is 0 Å². The molecular weight excluding hydrogens is 349 g/mol. The second kappa shape index (κ2) is 7.71. The zero-order valence-corrected chi connectivity index (χ0v) is 14.9. The first-order valence-electron chi connectivity index (χ1n) is 7.53. The summed E-state index contributed by atoms with van der Waals surface area (Å²) in [6.07, 6.45) is 0. The van der Waals surface area contributed by atoms with Gasteiger partial charge in [0.2, 0.25) is 0 Å². The van der Waals surface area contributed by atoms with Crippen LogP contribution in [0.15, 0.2) is 42.5 Å². The number of hydrogen-bond acceptors (Lipinski definition) is 3. The fourth-order valence-corrected chi connectivity index (χ4v) is 4.03. The van der Waals surface area contributed by atoms with Crippen LogP contribution in [-0.4, -0.2) is 35.3 Å². The van der Waals surface area contributed by atoms with Crippen molar-refractivity contribution in [2.75, 3.05) is 24.6 Å². The van der Waals surface area contributed by atoms with Crippen molar-refractivity contribution in [1.82, 2.24) is 4.90 Å². The predicted molar refractivity (Wildman–Crippen MR) is 98.9 cm³/mol. The molecule has 2 nitrogen and oxygen atoms in total. The van der Waals surface area contributed by atoms with E-state index in [2.05, 4.69) is 11.0 Å². The van der Waals surface area contributed by atoms with Gasteiger partial charge < -0.3 is 0 Å². The van der Waals surface area contributed by atoms with E-state index in [1.807, 2.05) is 30.0 Å². The van der Waals surface area contributed by atoms with Gasteiger partial charge in [-0.05, 0) is 23.8 Å². The molecule has 1 aliphatic heterocycles. The molecule has 0 aromatic heterocycles. The molecule has 1 saturated heterocycles. The molecule has 2 aromatic rings. The minimum atomic E-state index is -0.0893. The van der Waals surface area contributed by atoms with Gasteiger partial charge in [-0.15, -0.1) is 0 Å². The lowest BCUT2D eigenvalue weighted by Gasteiger charge is -2.26. The summed E-state index contributed by atoms with van der Waals surface area (Å²) in [5, 5.41) is 0.720. The Balaban J connectivity index is 1.81. The van der Waals surface area contributed by atoms with E-state index in [-0.39, 0.29) is 5.78 Å². The highest BCUT2D eigenvalue weighted by Crippen LogP contribution is 2.27. The molecule has 0 radical (unpaired) electrons. The van der Waals surface area contributed by atoms with Crippen LogP contribution in [0.25, 0.3) is 0 Å². The Kier molecular flexibility index (Phi) is 5.65. The molecule has 0 bridgehead atoms. The van der Waals surface area contributed by atoms with E-state index in [4.69, 9.17) is 23.2 Å². The first kappa shape index (κ1) is 16.8. The summed E-state index contributed by atoms with van der Waals surface area (Å²) in [6.45, 7) is 3.08. The van der Waals surface area contributed by atoms with E-state index < -0.39 is 0 Å². The Morgan fingerprint density at radius 2 is 1.83 bits per heavy atom. The van der Waals surface area contributed by atoms with E-state index in [9.17, 15) is 4.79 Å². The lowest BCUT2D eigenvalue weighted by atomic mass is 10.0. The van der Waals surface area contributed by atoms with Gasteiger partial charge in [-0.25, -0.2) is 0 Å². The average Bonchev–Trinajstić information content (AvgIpc) is 2.58. The molecule has 0 atom stereocenters. The van der Waals surface area contributed by atoms with Crippen molar-refractivity contribution in [3.05, 3.63) is 69.2 Å². The van der Waals surface area contributed by atoms with Crippen molar-refractivity contribution in [3.8, 4) is 0 Å². The Labute approximate surface area is 150 Å². The van der Waals surface area contributed by atoms with E-state index in [1.54, 1.807) is 18.2 Å². The van der Waals surface area contributed by atoms with Crippen molar-refractivity contribution in [2.24, 2.45) is 0 Å². The van der Waals surface area contributed by atoms with E-state index in [1.165, 1.54) is 11.5 Å². The number of ketones is 1. The summed E-state index contributed by atoms with van der Waals surface area (Å²) in [6, 6.07) is 12.9. The number of carbonyl (C=O) groups excluding carboxylic acids is 1. The van der Waals surface area contributed by atoms with E-state index >= 15 is 0 Å². The zero-order valence-electron chi connectivity index (χ0n) is 12.6. The Morgan fingerprint density at radius 3 is 2.61 bits per heavy atom. The van der Waals surface area contributed by atoms with Crippen molar-refractivity contribution >= 4 is 40.7 Å². The molecule has 23 heavy (non-hydrogen) atoms. The highest BCUT2D eigenvalue weighted by molar-refractivity contribution is 7.99. The molecule has 1 heterocycles. The van der Waals surface area contributed by atoms with Crippen LogP contribution in [0.1, 0.15) is 21.5 Å². The van der Waals surface area contributed by atoms with E-state index in [0.717, 1.165) is 25.2 Å². The first-order valence-corrected chi connectivity index (χ1v) is 9.44. The molecule has 0 saturated carbocycles. The lowest BCUT2D eigenvalue weighted by Crippen LogP contribution is -2.31. The summed E-state index contributed by atoms with van der Waals surface area (Å²) in [5.74, 6) is 2.27. The van der Waals surface area contributed by atoms with Crippen LogP contribution < -0.4 is 0 Å². The smallest absolute Gasteiger partial charge is 0.194 e. The van der Waals surface area contributed by atoms with Crippen LogP contribution in [0.2, 0.25) is 10.0 Å². The number of halogens is 2. The average molecular weight is 366 g/mol. The molecule has 0 N–H and O–H groups in total. The quantitative estimate of drug-likeness (QED) is 0.727. The molecule has 5 heteroatoms. The molecule has 0 aliphatic carbocycles. The fraction of sp³-hybridized carbons (Fsp3) is 0.278. The zero-order chi connectivity index (χ0) is 16.2. The Hall–Kier alpha value is -1.000. The van der Waals surface area contributed by atoms with Crippen LogP contribution in [-0.2, 0) is 6.54 Å². The van der Waals surface area contributed by atoms with Crippen LogP contribution in [0.5, 0.6) is 0 Å². The maximum atomic E-state index is 12.7. The van der Waals surface area contributed by atoms with Crippen molar-refractivity contribution in [1.29, 1.82) is 0 Å². The molecule has 0 amide bonds. The van der Waals surface area contributed by atoms with Gasteiger partial charge in [-0.2, -0.15) is 11.8 Å². The SMILES string of the molecule is O=C(c1cccc(CN2CCSCC2)c1)c1cccc(Cl)c1Cl. The van der Waals surface area contributed by atoms with Crippen LogP contribution in [0, 0.1) is 0 Å². The maximum absolute atomic E-state index is 12.7. The second-order valence-electron chi connectivity index (χ2n) is 5.52. The first-order chi connectivity index (χ1) is 11.1. The van der Waals surface area contributed by atoms with Gasteiger partial charge >= 0.3 is 0 Å². The lowest BCUT2D eigenvalue weighted by molar-refractivity contribution is 0.103. The number of hydrogen-bond donors (Lipinski definition) is 0. The molecule has 2 aromatic carbocycles. The number of rotatable bonds is 4. The van der Waals surface area contributed by atoms with Gasteiger partial charge in [0.1, 0.15) is 0 Å². The van der Waals surface area contributed by atoms with Crippen LogP contribution in [0.4, 0.5) is 0 Å². The highest BCUT2D eigenvalue weighted by atomic mass is 35.5. The van der Waals surface area contributed by atoms with Gasteiger partial charge in [0, 0.05) is 42.3 Å². The normalized spacial score (nSPS) is 15.6. The molecule has 1 aliphatic rings. The molecule has 0 spiro atoms. The molecule has 1 fully saturated rings. The molecule has 3 rings (SSSR count). The molecule has 120 valence electrons. The maximum Gasteiger partial charge on any atom is 0.194 e. The number of thioether (sulfide) groups is 1. The standard InChI is InChI=1S/C18H17Cl2NOS/c19-16-6-2-5-15(17(16)20)18(22)14-4-1-3-13(11-14)12-21-7-9-23-10-8-21/h1-6,11H,7-10,12H2. The monoisotopic (exact) mass is 365 g/mol. The highest BCUT2D eigenvalue weighted by Gasteiger charge is 2.16. The number of nitrogens with zero attached hydrogens (tertiary/aromatic N) is 1. The second-order valence-corrected chi connectivity index (χ2v) is 7.53. The predicted octanol–water partition coefficient (Wildman–Crippen LogP) is 4.77. The molecule has 0 unspecified atom stereocenters. The summed E-state index contributed by atoms with van der Waals surface area (Å²) >= 11 is 14.2. The van der Waals surface area contributed by atoms with Gasteiger partial charge in [0.15, 0.2) is 5.78 Å². The summed E-state index contributed by atoms with van der Waals surface area (Å²) in [5.41, 5.74) is 2.25. The van der Waals surface area contributed by atoms with Crippen molar-refractivity contribution < 1.29 is 4.79 Å². The number of benzene rings is 2. The summed E-state index contributed by atoms with van der Waals surface area (Å²) in [4.78, 5) is 15.1. The van der Waals surface area contributed by atoms with Gasteiger partial charge in [-0.1, -0.05) is 47.5 Å². The van der Waals surface area contributed by atoms with Crippen LogP contribution in [0.3, 0.4) is 0 Å². The largest absolute Gasteiger partial charge is 0.297 e. The number of carbonyl (C=O) groups is 1. The summed E-state index contributed by atoms with van der Waals surface area (Å²) < 4.78 is 0.